The van der Waals surface area contributed by atoms with Gasteiger partial charge < -0.3 is 14.0 Å². The number of amides is 1. The van der Waals surface area contributed by atoms with Crippen LogP contribution in [0.4, 0.5) is 14.9 Å². The second kappa shape index (κ2) is 17.1. The van der Waals surface area contributed by atoms with E-state index in [1.165, 1.54) is 83.7 Å². The van der Waals surface area contributed by atoms with Gasteiger partial charge in [-0.3, -0.25) is 4.90 Å². The number of quaternary nitrogens is 1. The molecule has 0 saturated carbocycles. The summed E-state index contributed by atoms with van der Waals surface area (Å²) < 4.78 is 24.9. The number of allylic oxidation sites excluding steroid dienone is 6. The van der Waals surface area contributed by atoms with E-state index in [9.17, 15) is 9.18 Å². The third kappa shape index (κ3) is 10.2. The molecule has 8 rings (SSSR count). The first-order chi connectivity index (χ1) is 22.9. The third-order valence-corrected chi connectivity index (χ3v) is 9.65. The zero-order valence-electron chi connectivity index (χ0n) is 28.0. The van der Waals surface area contributed by atoms with Gasteiger partial charge in [0.15, 0.2) is 0 Å². The summed E-state index contributed by atoms with van der Waals surface area (Å²) in [6, 6.07) is 24.9. The van der Waals surface area contributed by atoms with Crippen molar-refractivity contribution in [1.29, 1.82) is 0 Å². The van der Waals surface area contributed by atoms with Crippen LogP contribution in [-0.4, -0.2) is 42.9 Å². The maximum Gasteiger partial charge on any atom is 0.414 e. The summed E-state index contributed by atoms with van der Waals surface area (Å²) in [5, 5.41) is 0. The molecule has 5 nitrogen and oxygen atoms in total. The van der Waals surface area contributed by atoms with Gasteiger partial charge in [0, 0.05) is 11.3 Å². The number of benzene rings is 3. The minimum Gasteiger partial charge on any atom is -0.489 e. The average molecular weight is 638 g/mol. The molecule has 47 heavy (non-hydrogen) atoms. The summed E-state index contributed by atoms with van der Waals surface area (Å²) in [4.78, 5) is 13.0. The quantitative estimate of drug-likeness (QED) is 0.231. The minimum absolute atomic E-state index is 0.0532. The zero-order valence-corrected chi connectivity index (χ0v) is 28.0. The summed E-state index contributed by atoms with van der Waals surface area (Å²) >= 11 is 0. The van der Waals surface area contributed by atoms with Crippen LogP contribution in [-0.2, 0) is 17.9 Å². The van der Waals surface area contributed by atoms with E-state index in [-0.39, 0.29) is 18.0 Å². The van der Waals surface area contributed by atoms with E-state index in [1.807, 2.05) is 37.3 Å². The first-order valence-corrected chi connectivity index (χ1v) is 17.3. The molecule has 0 radical (unpaired) electrons. The lowest BCUT2D eigenvalue weighted by Gasteiger charge is -2.49. The molecule has 1 unspecified atom stereocenters. The van der Waals surface area contributed by atoms with Gasteiger partial charge in [0.05, 0.1) is 26.2 Å². The van der Waals surface area contributed by atoms with Crippen molar-refractivity contribution < 1.29 is 23.1 Å². The summed E-state index contributed by atoms with van der Waals surface area (Å²) in [7, 11) is 0. The Balaban J connectivity index is 0.000000155. The van der Waals surface area contributed by atoms with Gasteiger partial charge in [-0.1, -0.05) is 86.7 Å². The molecule has 0 N–H and O–H groups in total. The number of hydrogen-bond donors (Lipinski definition) is 0. The van der Waals surface area contributed by atoms with Crippen molar-refractivity contribution in [3.63, 3.8) is 0 Å². The van der Waals surface area contributed by atoms with Crippen LogP contribution in [0, 0.1) is 11.7 Å². The van der Waals surface area contributed by atoms with Crippen molar-refractivity contribution in [2.75, 3.05) is 31.1 Å². The van der Waals surface area contributed by atoms with Crippen LogP contribution >= 0.6 is 0 Å². The summed E-state index contributed by atoms with van der Waals surface area (Å²) in [5.41, 5.74) is 4.82. The van der Waals surface area contributed by atoms with Gasteiger partial charge in [-0.15, -0.1) is 0 Å². The van der Waals surface area contributed by atoms with E-state index in [0.29, 0.717) is 18.8 Å². The number of hydrogen-bond acceptors (Lipinski definition) is 3. The number of halogens is 1. The molecule has 3 aromatic rings. The third-order valence-electron chi connectivity index (χ3n) is 9.65. The van der Waals surface area contributed by atoms with Crippen LogP contribution in [0.5, 0.6) is 5.75 Å². The van der Waals surface area contributed by atoms with Crippen LogP contribution in [0.2, 0.25) is 0 Å². The van der Waals surface area contributed by atoms with Gasteiger partial charge in [0.1, 0.15) is 30.8 Å². The fourth-order valence-electron chi connectivity index (χ4n) is 6.61. The summed E-state index contributed by atoms with van der Waals surface area (Å²) in [5.74, 6) is 1.66. The Morgan fingerprint density at radius 2 is 1.55 bits per heavy atom. The van der Waals surface area contributed by atoms with Crippen molar-refractivity contribution in [3.05, 3.63) is 132 Å². The Kier molecular flexibility index (Phi) is 12.5. The molecule has 4 heterocycles. The van der Waals surface area contributed by atoms with Crippen molar-refractivity contribution in [2.24, 2.45) is 5.92 Å². The van der Waals surface area contributed by atoms with Crippen molar-refractivity contribution >= 4 is 11.8 Å². The Morgan fingerprint density at radius 1 is 0.872 bits per heavy atom. The molecule has 0 spiro atoms. The van der Waals surface area contributed by atoms with Crippen molar-refractivity contribution in [3.8, 4) is 5.75 Å². The lowest BCUT2D eigenvalue weighted by Crippen LogP contribution is -2.57. The fraction of sp³-hybridized carbons (Fsp3) is 0.390. The van der Waals surface area contributed by atoms with Crippen molar-refractivity contribution in [2.45, 2.75) is 71.6 Å². The highest BCUT2D eigenvalue weighted by molar-refractivity contribution is 5.89. The van der Waals surface area contributed by atoms with Crippen LogP contribution < -0.4 is 9.64 Å². The normalized spacial score (nSPS) is 22.7. The maximum atomic E-state index is 12.7. The number of anilines is 1. The molecule has 1 amide bonds. The average Bonchev–Trinajstić information content (AvgIpc) is 3.30. The van der Waals surface area contributed by atoms with E-state index < -0.39 is 0 Å². The van der Waals surface area contributed by atoms with E-state index in [1.54, 1.807) is 12.1 Å². The molecule has 248 valence electrons. The van der Waals surface area contributed by atoms with E-state index in [4.69, 9.17) is 9.47 Å². The molecule has 1 aliphatic carbocycles. The molecule has 4 fully saturated rings. The molecule has 0 aromatic heterocycles. The number of carbonyl (C=O) groups is 1. The second-order valence-electron chi connectivity index (χ2n) is 13.0. The summed E-state index contributed by atoms with van der Waals surface area (Å²) in [6.07, 6.45) is 17.8. The predicted molar refractivity (Wildman–Crippen MR) is 189 cm³/mol. The van der Waals surface area contributed by atoms with Crippen LogP contribution in [0.25, 0.3) is 0 Å². The van der Waals surface area contributed by atoms with Gasteiger partial charge in [-0.2, -0.15) is 0 Å². The highest BCUT2D eigenvalue weighted by Crippen LogP contribution is 2.35. The number of carbonyl (C=O) groups excluding carboxylic acids is 1. The van der Waals surface area contributed by atoms with E-state index in [2.05, 4.69) is 61.6 Å². The maximum absolute atomic E-state index is 12.7. The Bertz CT molecular complexity index is 1480. The van der Waals surface area contributed by atoms with Crippen LogP contribution in [0.1, 0.15) is 63.5 Å². The van der Waals surface area contributed by atoms with Crippen LogP contribution in [0.15, 0.2) is 115 Å². The Morgan fingerprint density at radius 3 is 2.19 bits per heavy atom. The van der Waals surface area contributed by atoms with Gasteiger partial charge >= 0.3 is 6.09 Å². The zero-order chi connectivity index (χ0) is 32.9. The smallest absolute Gasteiger partial charge is 0.414 e. The fourth-order valence-corrected chi connectivity index (χ4v) is 6.61. The highest BCUT2D eigenvalue weighted by Gasteiger charge is 2.39. The van der Waals surface area contributed by atoms with Crippen molar-refractivity contribution in [1.82, 2.24) is 0 Å². The molecule has 4 aliphatic heterocycles. The number of rotatable bonds is 8. The standard InChI is InChI=1S/C21H26NO.C11H12FNO2.C9H12/c1-2-4-21(5-3-1)23-17-20-8-6-19(7-9-20)16-22-13-10-18(11-14-22)12-15-22;1-2-10-7-13(11(14)15-10)9-5-3-8(12)4-6-9;1-2-9-7-5-3-4-6-8-9/h1-9,18H,10-17H2;3-6,10H,2,7H2,1H3;3,5-8H,2,4H2,1H3/q+1;;. The molecule has 5 aliphatic rings. The number of ether oxygens (including phenoxy) is 2. The molecule has 3 aromatic carbocycles. The largest absolute Gasteiger partial charge is 0.489 e. The predicted octanol–water partition coefficient (Wildman–Crippen LogP) is 9.80. The SMILES string of the molecule is CCC1=CC=CCC=C1.CCC1CN(c2ccc(F)cc2)C(=O)O1.c1ccc(OCc2ccc(C[N+]34CCC(CC3)CC4)cc2)cc1. The Hall–Kier alpha value is -4.16. The number of para-hydroxylation sites is 1. The number of fused-ring (bicyclic) bond motifs is 3. The number of nitrogens with zero attached hydrogens (tertiary/aromatic N) is 2. The molecule has 6 heteroatoms. The second-order valence-corrected chi connectivity index (χ2v) is 13.0. The number of piperidine rings is 3. The lowest BCUT2D eigenvalue weighted by atomic mass is 9.85. The topological polar surface area (TPSA) is 38.8 Å². The number of cyclic esters (lactones) is 1. The monoisotopic (exact) mass is 637 g/mol. The van der Waals surface area contributed by atoms with Gasteiger partial charge in [-0.05, 0) is 92.0 Å². The molecule has 4 saturated heterocycles. The van der Waals surface area contributed by atoms with E-state index in [0.717, 1.165) is 30.9 Å². The first kappa shape index (κ1) is 34.2. The van der Waals surface area contributed by atoms with Gasteiger partial charge in [0.2, 0.25) is 0 Å². The van der Waals surface area contributed by atoms with E-state index >= 15 is 0 Å². The van der Waals surface area contributed by atoms with Gasteiger partial charge in [-0.25, -0.2) is 9.18 Å². The van der Waals surface area contributed by atoms with Crippen LogP contribution in [0.3, 0.4) is 0 Å². The molecule has 1 atom stereocenters. The highest BCUT2D eigenvalue weighted by atomic mass is 19.1. The summed E-state index contributed by atoms with van der Waals surface area (Å²) in [6.45, 7) is 10.7. The molecule has 2 bridgehead atoms. The minimum atomic E-state index is -0.353. The molecular formula is C41H50FN2O3+. The van der Waals surface area contributed by atoms with Gasteiger partial charge in [0.25, 0.3) is 0 Å². The Labute approximate surface area is 280 Å². The lowest BCUT2D eigenvalue weighted by molar-refractivity contribution is -0.955. The first-order valence-electron chi connectivity index (χ1n) is 17.3. The molecular weight excluding hydrogens is 587 g/mol.